The fraction of sp³-hybridized carbons (Fsp3) is 0.150. The number of benzene rings is 1. The van der Waals surface area contributed by atoms with Crippen LogP contribution in [0.25, 0.3) is 16.8 Å². The number of rotatable bonds is 7. The number of nitrogens with zero attached hydrogens (tertiary/aromatic N) is 2. The quantitative estimate of drug-likeness (QED) is 0.634. The van der Waals surface area contributed by atoms with Crippen LogP contribution in [0.4, 0.5) is 0 Å². The van der Waals surface area contributed by atoms with Crippen molar-refractivity contribution in [1.29, 1.82) is 0 Å². The van der Waals surface area contributed by atoms with E-state index in [2.05, 4.69) is 15.3 Å². The first kappa shape index (κ1) is 18.6. The first-order valence-electron chi connectivity index (χ1n) is 8.23. The molecule has 7 heteroatoms. The Morgan fingerprint density at radius 3 is 2.85 bits per heavy atom. The van der Waals surface area contributed by atoms with Gasteiger partial charge in [-0.15, -0.1) is 11.3 Å². The van der Waals surface area contributed by atoms with Gasteiger partial charge in [-0.3, -0.25) is 9.78 Å². The normalized spacial score (nSPS) is 10.7. The number of pyridine rings is 1. The first-order valence-corrected chi connectivity index (χ1v) is 9.11. The highest BCUT2D eigenvalue weighted by Gasteiger charge is 2.07. The fourth-order valence-corrected chi connectivity index (χ4v) is 3.16. The smallest absolute Gasteiger partial charge is 0.244 e. The van der Waals surface area contributed by atoms with E-state index >= 15 is 0 Å². The van der Waals surface area contributed by atoms with Crippen molar-refractivity contribution in [2.75, 3.05) is 14.2 Å². The van der Waals surface area contributed by atoms with Gasteiger partial charge in [0.15, 0.2) is 0 Å². The number of aromatic nitrogens is 2. The summed E-state index contributed by atoms with van der Waals surface area (Å²) in [6, 6.07) is 11.1. The first-order chi connectivity index (χ1) is 13.2. The van der Waals surface area contributed by atoms with Crippen molar-refractivity contribution in [3.8, 4) is 22.2 Å². The molecule has 27 heavy (non-hydrogen) atoms. The van der Waals surface area contributed by atoms with E-state index in [4.69, 9.17) is 9.47 Å². The summed E-state index contributed by atoms with van der Waals surface area (Å²) < 4.78 is 10.5. The number of ether oxygens (including phenoxy) is 2. The van der Waals surface area contributed by atoms with Crippen molar-refractivity contribution in [3.05, 3.63) is 65.3 Å². The summed E-state index contributed by atoms with van der Waals surface area (Å²) in [4.78, 5) is 20.9. The van der Waals surface area contributed by atoms with Crippen molar-refractivity contribution in [2.45, 2.75) is 6.54 Å². The molecule has 3 aromatic rings. The van der Waals surface area contributed by atoms with E-state index in [-0.39, 0.29) is 5.91 Å². The molecule has 0 fully saturated rings. The van der Waals surface area contributed by atoms with Crippen molar-refractivity contribution in [2.24, 2.45) is 0 Å². The van der Waals surface area contributed by atoms with Gasteiger partial charge in [0.05, 0.1) is 32.2 Å². The van der Waals surface area contributed by atoms with Crippen LogP contribution in [0.2, 0.25) is 0 Å². The Kier molecular flexibility index (Phi) is 6.17. The Balaban J connectivity index is 1.60. The maximum absolute atomic E-state index is 12.1. The molecule has 0 saturated carbocycles. The molecule has 138 valence electrons. The monoisotopic (exact) mass is 381 g/mol. The van der Waals surface area contributed by atoms with Gasteiger partial charge in [0.25, 0.3) is 0 Å². The second kappa shape index (κ2) is 8.95. The van der Waals surface area contributed by atoms with Crippen LogP contribution in [0, 0.1) is 0 Å². The molecule has 0 radical (unpaired) electrons. The number of nitrogens with one attached hydrogen (secondary N) is 1. The summed E-state index contributed by atoms with van der Waals surface area (Å²) in [5.41, 5.74) is 2.38. The van der Waals surface area contributed by atoms with Gasteiger partial charge in [0.2, 0.25) is 5.91 Å². The van der Waals surface area contributed by atoms with E-state index in [0.717, 1.165) is 22.0 Å². The maximum Gasteiger partial charge on any atom is 0.244 e. The molecule has 0 unspecified atom stereocenters. The number of methoxy groups -OCH3 is 2. The van der Waals surface area contributed by atoms with E-state index in [9.17, 15) is 4.79 Å². The molecule has 2 aromatic heterocycles. The van der Waals surface area contributed by atoms with Crippen LogP contribution in [-0.4, -0.2) is 30.1 Å². The fourth-order valence-electron chi connectivity index (χ4n) is 2.37. The highest BCUT2D eigenvalue weighted by Crippen LogP contribution is 2.25. The van der Waals surface area contributed by atoms with Crippen molar-refractivity contribution < 1.29 is 14.3 Å². The largest absolute Gasteiger partial charge is 0.497 e. The minimum absolute atomic E-state index is 0.216. The van der Waals surface area contributed by atoms with Gasteiger partial charge >= 0.3 is 0 Å². The molecule has 0 spiro atoms. The zero-order chi connectivity index (χ0) is 19.1. The molecule has 0 bridgehead atoms. The third-order valence-corrected chi connectivity index (χ3v) is 4.64. The lowest BCUT2D eigenvalue weighted by molar-refractivity contribution is -0.116. The lowest BCUT2D eigenvalue weighted by Crippen LogP contribution is -2.20. The maximum atomic E-state index is 12.1. The number of amides is 1. The van der Waals surface area contributed by atoms with Crippen molar-refractivity contribution in [3.63, 3.8) is 0 Å². The molecule has 0 aliphatic carbocycles. The summed E-state index contributed by atoms with van der Waals surface area (Å²) in [5.74, 6) is 1.15. The minimum Gasteiger partial charge on any atom is -0.497 e. The van der Waals surface area contributed by atoms with Gasteiger partial charge in [0, 0.05) is 23.2 Å². The molecule has 0 aliphatic heterocycles. The third kappa shape index (κ3) is 4.92. The van der Waals surface area contributed by atoms with Gasteiger partial charge in [-0.25, -0.2) is 4.98 Å². The van der Waals surface area contributed by atoms with Crippen LogP contribution in [0.3, 0.4) is 0 Å². The predicted molar refractivity (Wildman–Crippen MR) is 106 cm³/mol. The molecule has 6 nitrogen and oxygen atoms in total. The molecular weight excluding hydrogens is 362 g/mol. The van der Waals surface area contributed by atoms with Crippen LogP contribution in [-0.2, 0) is 11.3 Å². The van der Waals surface area contributed by atoms with E-state index in [1.54, 1.807) is 38.6 Å². The Bertz CT molecular complexity index is 939. The van der Waals surface area contributed by atoms with Gasteiger partial charge in [-0.05, 0) is 36.4 Å². The molecule has 1 aromatic carbocycles. The van der Waals surface area contributed by atoms with Crippen LogP contribution in [0.1, 0.15) is 11.3 Å². The SMILES string of the molecule is COc1ccc(OC)c(/C=C/C(=O)NCc2csc(-c3ccccn3)n2)c1. The van der Waals surface area contributed by atoms with Gasteiger partial charge < -0.3 is 14.8 Å². The average Bonchev–Trinajstić information content (AvgIpc) is 3.20. The Morgan fingerprint density at radius 1 is 1.22 bits per heavy atom. The molecule has 2 heterocycles. The number of thiazole rings is 1. The van der Waals surface area contributed by atoms with Crippen LogP contribution < -0.4 is 14.8 Å². The Morgan fingerprint density at radius 2 is 2.11 bits per heavy atom. The predicted octanol–water partition coefficient (Wildman–Crippen LogP) is 3.55. The Hall–Kier alpha value is -3.19. The molecular formula is C20H19N3O3S. The standard InChI is InChI=1S/C20H19N3O3S/c1-25-16-7-8-18(26-2)14(11-16)6-9-19(24)22-12-15-13-27-20(23-15)17-5-3-4-10-21-17/h3-11,13H,12H2,1-2H3,(H,22,24)/b9-6+. The lowest BCUT2D eigenvalue weighted by Gasteiger charge is -2.07. The van der Waals surface area contributed by atoms with E-state index in [1.165, 1.54) is 17.4 Å². The van der Waals surface area contributed by atoms with Crippen LogP contribution in [0.15, 0.2) is 54.1 Å². The van der Waals surface area contributed by atoms with Gasteiger partial charge in [0.1, 0.15) is 16.5 Å². The Labute approximate surface area is 161 Å². The summed E-state index contributed by atoms with van der Waals surface area (Å²) in [6.07, 6.45) is 4.89. The summed E-state index contributed by atoms with van der Waals surface area (Å²) in [6.45, 7) is 0.349. The topological polar surface area (TPSA) is 73.3 Å². The van der Waals surface area contributed by atoms with E-state index in [0.29, 0.717) is 18.0 Å². The van der Waals surface area contributed by atoms with E-state index in [1.807, 2.05) is 29.6 Å². The highest BCUT2D eigenvalue weighted by atomic mass is 32.1. The number of hydrogen-bond acceptors (Lipinski definition) is 6. The average molecular weight is 381 g/mol. The molecule has 3 rings (SSSR count). The zero-order valence-corrected chi connectivity index (χ0v) is 15.8. The minimum atomic E-state index is -0.216. The van der Waals surface area contributed by atoms with Gasteiger partial charge in [-0.2, -0.15) is 0 Å². The number of hydrogen-bond donors (Lipinski definition) is 1. The van der Waals surface area contributed by atoms with Crippen LogP contribution >= 0.6 is 11.3 Å². The molecule has 0 atom stereocenters. The summed E-state index contributed by atoms with van der Waals surface area (Å²) >= 11 is 1.50. The number of carbonyl (C=O) groups excluding carboxylic acids is 1. The van der Waals surface area contributed by atoms with Crippen molar-refractivity contribution >= 4 is 23.3 Å². The van der Waals surface area contributed by atoms with E-state index < -0.39 is 0 Å². The lowest BCUT2D eigenvalue weighted by atomic mass is 10.1. The zero-order valence-electron chi connectivity index (χ0n) is 15.0. The molecule has 0 saturated heterocycles. The highest BCUT2D eigenvalue weighted by molar-refractivity contribution is 7.13. The summed E-state index contributed by atoms with van der Waals surface area (Å²) in [7, 11) is 3.18. The summed E-state index contributed by atoms with van der Waals surface area (Å²) in [5, 5.41) is 5.57. The van der Waals surface area contributed by atoms with Gasteiger partial charge in [-0.1, -0.05) is 6.07 Å². The molecule has 0 aliphatic rings. The van der Waals surface area contributed by atoms with Crippen molar-refractivity contribution in [1.82, 2.24) is 15.3 Å². The number of carbonyl (C=O) groups is 1. The second-order valence-electron chi connectivity index (χ2n) is 5.52. The molecule has 1 amide bonds. The van der Waals surface area contributed by atoms with Crippen LogP contribution in [0.5, 0.6) is 11.5 Å². The second-order valence-corrected chi connectivity index (χ2v) is 6.38. The third-order valence-electron chi connectivity index (χ3n) is 3.73. The molecule has 1 N–H and O–H groups in total.